The van der Waals surface area contributed by atoms with Crippen LogP contribution in [0.4, 0.5) is 4.39 Å². The summed E-state index contributed by atoms with van der Waals surface area (Å²) >= 11 is 0. The first kappa shape index (κ1) is 11.0. The molecule has 0 aliphatic heterocycles. The van der Waals surface area contributed by atoms with Crippen molar-refractivity contribution in [1.82, 2.24) is 0 Å². The average molecular weight is 225 g/mol. The maximum Gasteiger partial charge on any atom is 0.150 e. The zero-order chi connectivity index (χ0) is 12.3. The monoisotopic (exact) mass is 225 g/mol. The second kappa shape index (κ2) is 4.58. The van der Waals surface area contributed by atoms with Crippen LogP contribution in [0.3, 0.4) is 0 Å². The minimum atomic E-state index is -0.486. The van der Waals surface area contributed by atoms with E-state index in [9.17, 15) is 9.18 Å². The van der Waals surface area contributed by atoms with Gasteiger partial charge in [-0.25, -0.2) is 4.39 Å². The van der Waals surface area contributed by atoms with Crippen molar-refractivity contribution in [3.05, 3.63) is 59.4 Å². The lowest BCUT2D eigenvalue weighted by molar-refractivity contribution is 0.112. The number of nitrogens with zero attached hydrogens (tertiary/aromatic N) is 1. The van der Waals surface area contributed by atoms with Crippen LogP contribution in [-0.2, 0) is 0 Å². The van der Waals surface area contributed by atoms with Crippen LogP contribution in [0.1, 0.15) is 15.9 Å². The minimum absolute atomic E-state index is 0.237. The second-order valence-corrected chi connectivity index (χ2v) is 3.55. The molecule has 2 aromatic carbocycles. The fourth-order valence-electron chi connectivity index (χ4n) is 1.67. The number of nitriles is 1. The Morgan fingerprint density at radius 3 is 2.65 bits per heavy atom. The standard InChI is InChI=1S/C14H8FNO/c15-13-6-10(8-16)5-12(7-13)14-4-2-1-3-11(14)9-17/h1-7,9H. The molecular weight excluding hydrogens is 217 g/mol. The normalized spacial score (nSPS) is 9.65. The molecule has 17 heavy (non-hydrogen) atoms. The molecular formula is C14H8FNO. The first-order valence-electron chi connectivity index (χ1n) is 5.00. The molecule has 0 fully saturated rings. The van der Waals surface area contributed by atoms with Gasteiger partial charge < -0.3 is 0 Å². The number of hydrogen-bond acceptors (Lipinski definition) is 2. The van der Waals surface area contributed by atoms with Crippen LogP contribution in [0.15, 0.2) is 42.5 Å². The molecule has 2 aromatic rings. The Morgan fingerprint density at radius 2 is 1.94 bits per heavy atom. The first-order chi connectivity index (χ1) is 8.24. The number of hydrogen-bond donors (Lipinski definition) is 0. The van der Waals surface area contributed by atoms with E-state index in [2.05, 4.69) is 0 Å². The van der Waals surface area contributed by atoms with Gasteiger partial charge in [-0.3, -0.25) is 4.79 Å². The van der Waals surface area contributed by atoms with E-state index in [0.717, 1.165) is 6.07 Å². The van der Waals surface area contributed by atoms with Crippen molar-refractivity contribution in [2.24, 2.45) is 0 Å². The summed E-state index contributed by atoms with van der Waals surface area (Å²) in [6, 6.07) is 12.8. The molecule has 0 atom stereocenters. The van der Waals surface area contributed by atoms with Crippen LogP contribution in [0.5, 0.6) is 0 Å². The van der Waals surface area contributed by atoms with Gasteiger partial charge in [-0.2, -0.15) is 5.26 Å². The summed E-state index contributed by atoms with van der Waals surface area (Å²) in [5, 5.41) is 8.77. The van der Waals surface area contributed by atoms with E-state index in [0.29, 0.717) is 23.0 Å². The molecule has 3 heteroatoms. The summed E-state index contributed by atoms with van der Waals surface area (Å²) in [5.74, 6) is -0.486. The topological polar surface area (TPSA) is 40.9 Å². The van der Waals surface area contributed by atoms with Crippen molar-refractivity contribution in [3.8, 4) is 17.2 Å². The lowest BCUT2D eigenvalue weighted by atomic mass is 9.99. The Kier molecular flexibility index (Phi) is 2.97. The molecule has 0 N–H and O–H groups in total. The van der Waals surface area contributed by atoms with Gasteiger partial charge in [0.2, 0.25) is 0 Å². The Hall–Kier alpha value is -2.47. The van der Waals surface area contributed by atoms with Gasteiger partial charge in [0.15, 0.2) is 6.29 Å². The maximum absolute atomic E-state index is 13.3. The molecule has 82 valence electrons. The fourth-order valence-corrected chi connectivity index (χ4v) is 1.67. The van der Waals surface area contributed by atoms with E-state index in [1.165, 1.54) is 6.07 Å². The summed E-state index contributed by atoms with van der Waals surface area (Å²) in [4.78, 5) is 10.9. The van der Waals surface area contributed by atoms with E-state index in [4.69, 9.17) is 5.26 Å². The predicted molar refractivity (Wildman–Crippen MR) is 61.9 cm³/mol. The van der Waals surface area contributed by atoms with Crippen LogP contribution in [0.2, 0.25) is 0 Å². The number of carbonyl (C=O) groups excluding carboxylic acids is 1. The number of carbonyl (C=O) groups is 1. The molecule has 0 bridgehead atoms. The van der Waals surface area contributed by atoms with Crippen molar-refractivity contribution in [3.63, 3.8) is 0 Å². The van der Waals surface area contributed by atoms with Gasteiger partial charge in [0.25, 0.3) is 0 Å². The Labute approximate surface area is 97.9 Å². The number of halogens is 1. The highest BCUT2D eigenvalue weighted by Gasteiger charge is 2.06. The van der Waals surface area contributed by atoms with Crippen molar-refractivity contribution in [2.75, 3.05) is 0 Å². The molecule has 0 aromatic heterocycles. The summed E-state index contributed by atoms with van der Waals surface area (Å²) in [6.07, 6.45) is 0.715. The Bertz CT molecular complexity index is 614. The molecule has 0 unspecified atom stereocenters. The Balaban J connectivity index is 2.64. The summed E-state index contributed by atoms with van der Waals surface area (Å²) in [7, 11) is 0. The zero-order valence-electron chi connectivity index (χ0n) is 8.85. The van der Waals surface area contributed by atoms with E-state index < -0.39 is 5.82 Å². The first-order valence-corrected chi connectivity index (χ1v) is 5.00. The lowest BCUT2D eigenvalue weighted by Crippen LogP contribution is -1.89. The van der Waals surface area contributed by atoms with Gasteiger partial charge in [-0.05, 0) is 29.3 Å². The second-order valence-electron chi connectivity index (χ2n) is 3.55. The molecule has 0 aliphatic carbocycles. The van der Waals surface area contributed by atoms with Crippen LogP contribution in [0.25, 0.3) is 11.1 Å². The third-order valence-electron chi connectivity index (χ3n) is 2.43. The van der Waals surface area contributed by atoms with E-state index in [1.807, 2.05) is 6.07 Å². The van der Waals surface area contributed by atoms with Gasteiger partial charge >= 0.3 is 0 Å². The van der Waals surface area contributed by atoms with Gasteiger partial charge in [0.1, 0.15) is 5.82 Å². The highest BCUT2D eigenvalue weighted by molar-refractivity contribution is 5.87. The van der Waals surface area contributed by atoms with Gasteiger partial charge in [-0.15, -0.1) is 0 Å². The Morgan fingerprint density at radius 1 is 1.18 bits per heavy atom. The smallest absolute Gasteiger partial charge is 0.150 e. The van der Waals surface area contributed by atoms with Crippen LogP contribution < -0.4 is 0 Å². The van der Waals surface area contributed by atoms with Crippen LogP contribution >= 0.6 is 0 Å². The van der Waals surface area contributed by atoms with E-state index >= 15 is 0 Å². The number of benzene rings is 2. The number of aldehydes is 1. The predicted octanol–water partition coefficient (Wildman–Crippen LogP) is 3.18. The molecule has 0 saturated heterocycles. The third kappa shape index (κ3) is 2.21. The number of rotatable bonds is 2. The molecule has 0 spiro atoms. The van der Waals surface area contributed by atoms with Gasteiger partial charge in [0.05, 0.1) is 11.6 Å². The highest BCUT2D eigenvalue weighted by atomic mass is 19.1. The quantitative estimate of drug-likeness (QED) is 0.736. The van der Waals surface area contributed by atoms with Gasteiger partial charge in [0, 0.05) is 5.56 Å². The third-order valence-corrected chi connectivity index (χ3v) is 2.43. The molecule has 0 saturated carbocycles. The fraction of sp³-hybridized carbons (Fsp3) is 0. The van der Waals surface area contributed by atoms with E-state index in [1.54, 1.807) is 30.3 Å². The SMILES string of the molecule is N#Cc1cc(F)cc(-c2ccccc2C=O)c1. The van der Waals surface area contributed by atoms with E-state index in [-0.39, 0.29) is 5.56 Å². The maximum atomic E-state index is 13.3. The molecule has 0 heterocycles. The van der Waals surface area contributed by atoms with Crippen molar-refractivity contribution in [1.29, 1.82) is 5.26 Å². The molecule has 2 rings (SSSR count). The molecule has 0 aliphatic rings. The van der Waals surface area contributed by atoms with Crippen LogP contribution in [0, 0.1) is 17.1 Å². The summed E-state index contributed by atoms with van der Waals surface area (Å²) in [5.41, 5.74) is 1.87. The molecule has 0 radical (unpaired) electrons. The molecule has 2 nitrogen and oxygen atoms in total. The van der Waals surface area contributed by atoms with Crippen molar-refractivity contribution < 1.29 is 9.18 Å². The molecule has 0 amide bonds. The zero-order valence-corrected chi connectivity index (χ0v) is 8.85. The lowest BCUT2D eigenvalue weighted by Gasteiger charge is -2.05. The van der Waals surface area contributed by atoms with Crippen molar-refractivity contribution >= 4 is 6.29 Å². The summed E-state index contributed by atoms with van der Waals surface area (Å²) in [6.45, 7) is 0. The minimum Gasteiger partial charge on any atom is -0.298 e. The van der Waals surface area contributed by atoms with Crippen LogP contribution in [-0.4, -0.2) is 6.29 Å². The summed E-state index contributed by atoms with van der Waals surface area (Å²) < 4.78 is 13.3. The largest absolute Gasteiger partial charge is 0.298 e. The van der Waals surface area contributed by atoms with Gasteiger partial charge in [-0.1, -0.05) is 24.3 Å². The highest BCUT2D eigenvalue weighted by Crippen LogP contribution is 2.24. The average Bonchev–Trinajstić information content (AvgIpc) is 2.37. The van der Waals surface area contributed by atoms with Crippen molar-refractivity contribution in [2.45, 2.75) is 0 Å².